The van der Waals surface area contributed by atoms with Crippen LogP contribution >= 0.6 is 11.6 Å². The second kappa shape index (κ2) is 13.9. The minimum atomic E-state index is -3.98. The number of nitrogens with one attached hydrogen (secondary N) is 1. The van der Waals surface area contributed by atoms with E-state index in [0.29, 0.717) is 34.3 Å². The van der Waals surface area contributed by atoms with E-state index in [9.17, 15) is 13.2 Å². The molecule has 0 saturated heterocycles. The molecule has 0 aliphatic rings. The number of benzene rings is 4. The summed E-state index contributed by atoms with van der Waals surface area (Å²) in [7, 11) is -2.44. The molecule has 0 aromatic heterocycles. The van der Waals surface area contributed by atoms with Crippen molar-refractivity contribution in [2.75, 3.05) is 13.7 Å². The fourth-order valence-electron chi connectivity index (χ4n) is 3.87. The standard InChI is InChI=1S/C31H30ClN3O5S/c1-23-8-15-28(16-9-23)41(37,38)35(20-24-10-13-27(32)14-11-24)21-31(36)34-33-19-26-12-17-29(30(18-26)39-2)40-22-25-6-4-3-5-7-25/h3-19H,20-22H2,1-2H3,(H,34,36)/b33-19-. The van der Waals surface area contributed by atoms with Crippen LogP contribution in [0.3, 0.4) is 0 Å². The molecule has 0 spiro atoms. The lowest BCUT2D eigenvalue weighted by molar-refractivity contribution is -0.121. The van der Waals surface area contributed by atoms with Crippen molar-refractivity contribution in [1.82, 2.24) is 9.73 Å². The third-order valence-corrected chi connectivity index (χ3v) is 8.14. The number of hydrogen-bond acceptors (Lipinski definition) is 6. The number of rotatable bonds is 12. The molecule has 4 rings (SSSR count). The van der Waals surface area contributed by atoms with Gasteiger partial charge in [-0.15, -0.1) is 0 Å². The molecular weight excluding hydrogens is 562 g/mol. The first kappa shape index (κ1) is 29.8. The Balaban J connectivity index is 1.43. The van der Waals surface area contributed by atoms with Crippen LogP contribution in [-0.4, -0.2) is 38.5 Å². The Bertz CT molecular complexity index is 1590. The van der Waals surface area contributed by atoms with Crippen molar-refractivity contribution in [3.05, 3.63) is 124 Å². The molecule has 0 aliphatic carbocycles. The number of methoxy groups -OCH3 is 1. The predicted octanol–water partition coefficient (Wildman–Crippen LogP) is 5.58. The zero-order valence-electron chi connectivity index (χ0n) is 22.7. The summed E-state index contributed by atoms with van der Waals surface area (Å²) in [6.45, 7) is 1.80. The largest absolute Gasteiger partial charge is 0.493 e. The lowest BCUT2D eigenvalue weighted by Crippen LogP contribution is -2.39. The summed E-state index contributed by atoms with van der Waals surface area (Å²) in [5.41, 5.74) is 5.70. The number of halogens is 1. The van der Waals surface area contributed by atoms with Crippen LogP contribution in [0, 0.1) is 6.92 Å². The van der Waals surface area contributed by atoms with Crippen molar-refractivity contribution in [2.45, 2.75) is 25.0 Å². The molecule has 212 valence electrons. The van der Waals surface area contributed by atoms with Gasteiger partial charge in [0, 0.05) is 11.6 Å². The van der Waals surface area contributed by atoms with Gasteiger partial charge in [0.25, 0.3) is 5.91 Å². The first-order chi connectivity index (χ1) is 19.7. The van der Waals surface area contributed by atoms with E-state index in [1.54, 1.807) is 54.6 Å². The molecule has 0 unspecified atom stereocenters. The molecule has 1 N–H and O–H groups in total. The molecular formula is C31H30ClN3O5S. The Morgan fingerprint density at radius 3 is 2.32 bits per heavy atom. The maximum Gasteiger partial charge on any atom is 0.255 e. The summed E-state index contributed by atoms with van der Waals surface area (Å²) in [6, 6.07) is 28.3. The molecule has 4 aromatic rings. The summed E-state index contributed by atoms with van der Waals surface area (Å²) in [6.07, 6.45) is 1.44. The van der Waals surface area contributed by atoms with Crippen LogP contribution in [0.4, 0.5) is 0 Å². The van der Waals surface area contributed by atoms with Crippen molar-refractivity contribution in [3.63, 3.8) is 0 Å². The van der Waals surface area contributed by atoms with Crippen LogP contribution in [0.5, 0.6) is 11.5 Å². The van der Waals surface area contributed by atoms with Gasteiger partial charge in [-0.2, -0.15) is 9.41 Å². The van der Waals surface area contributed by atoms with Crippen molar-refractivity contribution in [1.29, 1.82) is 0 Å². The molecule has 0 saturated carbocycles. The highest BCUT2D eigenvalue weighted by Crippen LogP contribution is 2.28. The quantitative estimate of drug-likeness (QED) is 0.171. The number of sulfonamides is 1. The van der Waals surface area contributed by atoms with Gasteiger partial charge in [-0.3, -0.25) is 4.79 Å². The fourth-order valence-corrected chi connectivity index (χ4v) is 5.38. The molecule has 1 amide bonds. The van der Waals surface area contributed by atoms with Gasteiger partial charge < -0.3 is 9.47 Å². The monoisotopic (exact) mass is 591 g/mol. The van der Waals surface area contributed by atoms with Gasteiger partial charge in [0.1, 0.15) is 6.61 Å². The Labute approximate surface area is 245 Å². The Kier molecular flexibility index (Phi) is 10.1. The van der Waals surface area contributed by atoms with Gasteiger partial charge in [-0.25, -0.2) is 13.8 Å². The van der Waals surface area contributed by atoms with E-state index in [4.69, 9.17) is 21.1 Å². The first-order valence-corrected chi connectivity index (χ1v) is 14.5. The minimum Gasteiger partial charge on any atom is -0.493 e. The third kappa shape index (κ3) is 8.40. The summed E-state index contributed by atoms with van der Waals surface area (Å²) in [5.74, 6) is 0.479. The van der Waals surface area contributed by atoms with Crippen LogP contribution in [0.15, 0.2) is 107 Å². The first-order valence-electron chi connectivity index (χ1n) is 12.7. The van der Waals surface area contributed by atoms with Crippen LogP contribution in [0.2, 0.25) is 5.02 Å². The van der Waals surface area contributed by atoms with E-state index in [-0.39, 0.29) is 11.4 Å². The number of aryl methyl sites for hydroxylation is 1. The summed E-state index contributed by atoms with van der Waals surface area (Å²) < 4.78 is 39.3. The van der Waals surface area contributed by atoms with Gasteiger partial charge in [0.05, 0.1) is 24.8 Å². The van der Waals surface area contributed by atoms with Gasteiger partial charge in [0.15, 0.2) is 11.5 Å². The molecule has 0 bridgehead atoms. The maximum absolute atomic E-state index is 13.4. The number of nitrogens with zero attached hydrogens (tertiary/aromatic N) is 2. The van der Waals surface area contributed by atoms with Gasteiger partial charge in [-0.1, -0.05) is 71.8 Å². The highest BCUT2D eigenvalue weighted by molar-refractivity contribution is 7.89. The SMILES string of the molecule is COc1cc(/C=N\NC(=O)CN(Cc2ccc(Cl)cc2)S(=O)(=O)c2ccc(C)cc2)ccc1OCc1ccccc1. The number of hydrazone groups is 1. The molecule has 8 nitrogen and oxygen atoms in total. The normalized spacial score (nSPS) is 11.5. The zero-order valence-corrected chi connectivity index (χ0v) is 24.2. The summed E-state index contributed by atoms with van der Waals surface area (Å²) in [4.78, 5) is 12.9. The topological polar surface area (TPSA) is 97.3 Å². The van der Waals surface area contributed by atoms with Crippen molar-refractivity contribution < 1.29 is 22.7 Å². The molecule has 10 heteroatoms. The molecule has 0 atom stereocenters. The Morgan fingerprint density at radius 2 is 1.63 bits per heavy atom. The summed E-state index contributed by atoms with van der Waals surface area (Å²) in [5, 5.41) is 4.55. The van der Waals surface area contributed by atoms with Crippen LogP contribution in [0.25, 0.3) is 0 Å². The molecule has 0 fully saturated rings. The number of hydrogen-bond donors (Lipinski definition) is 1. The molecule has 0 aliphatic heterocycles. The number of carbonyl (C=O) groups is 1. The number of ether oxygens (including phenoxy) is 2. The molecule has 0 heterocycles. The fraction of sp³-hybridized carbons (Fsp3) is 0.161. The van der Waals surface area contributed by atoms with Crippen LogP contribution in [0.1, 0.15) is 22.3 Å². The van der Waals surface area contributed by atoms with Crippen molar-refractivity contribution >= 4 is 33.7 Å². The average molecular weight is 592 g/mol. The van der Waals surface area contributed by atoms with E-state index < -0.39 is 22.5 Å². The molecule has 41 heavy (non-hydrogen) atoms. The highest BCUT2D eigenvalue weighted by Gasteiger charge is 2.27. The second-order valence-corrected chi connectivity index (χ2v) is 11.6. The average Bonchev–Trinajstić information content (AvgIpc) is 2.98. The van der Waals surface area contributed by atoms with E-state index in [2.05, 4.69) is 10.5 Å². The second-order valence-electron chi connectivity index (χ2n) is 9.19. The number of amides is 1. The Hall–Kier alpha value is -4.18. The minimum absolute atomic E-state index is 0.0217. The van der Waals surface area contributed by atoms with E-state index in [1.807, 2.05) is 37.3 Å². The highest BCUT2D eigenvalue weighted by atomic mass is 35.5. The smallest absolute Gasteiger partial charge is 0.255 e. The van der Waals surface area contributed by atoms with E-state index in [0.717, 1.165) is 15.4 Å². The predicted molar refractivity (Wildman–Crippen MR) is 160 cm³/mol. The van der Waals surface area contributed by atoms with Crippen LogP contribution < -0.4 is 14.9 Å². The lowest BCUT2D eigenvalue weighted by atomic mass is 10.2. The van der Waals surface area contributed by atoms with Gasteiger partial charge in [0.2, 0.25) is 10.0 Å². The lowest BCUT2D eigenvalue weighted by Gasteiger charge is -2.21. The molecule has 4 aromatic carbocycles. The van der Waals surface area contributed by atoms with Gasteiger partial charge in [-0.05, 0) is 66.1 Å². The summed E-state index contributed by atoms with van der Waals surface area (Å²) >= 11 is 5.98. The van der Waals surface area contributed by atoms with Crippen LogP contribution in [-0.2, 0) is 28.0 Å². The Morgan fingerprint density at radius 1 is 0.927 bits per heavy atom. The van der Waals surface area contributed by atoms with E-state index in [1.165, 1.54) is 25.5 Å². The molecule has 0 radical (unpaired) electrons. The van der Waals surface area contributed by atoms with Gasteiger partial charge >= 0.3 is 0 Å². The van der Waals surface area contributed by atoms with E-state index >= 15 is 0 Å². The van der Waals surface area contributed by atoms with Crippen molar-refractivity contribution in [3.8, 4) is 11.5 Å². The maximum atomic E-state index is 13.4. The van der Waals surface area contributed by atoms with Crippen molar-refractivity contribution in [2.24, 2.45) is 5.10 Å². The zero-order chi connectivity index (χ0) is 29.2. The number of carbonyl (C=O) groups excluding carboxylic acids is 1. The third-order valence-electron chi connectivity index (χ3n) is 6.08.